The van der Waals surface area contributed by atoms with Crippen molar-refractivity contribution in [3.63, 3.8) is 0 Å². The van der Waals surface area contributed by atoms with Crippen molar-refractivity contribution in [3.8, 4) is 0 Å². The number of carbonyl (C=O) groups is 1. The van der Waals surface area contributed by atoms with Crippen LogP contribution in [0.2, 0.25) is 0 Å². The SMILES string of the molecule is CC[C@H](C)[C@H](NC)C(=O)S. The van der Waals surface area contributed by atoms with Crippen LogP contribution < -0.4 is 5.32 Å². The van der Waals surface area contributed by atoms with Gasteiger partial charge in [-0.3, -0.25) is 4.79 Å². The second kappa shape index (κ2) is 4.74. The lowest BCUT2D eigenvalue weighted by Gasteiger charge is -2.17. The third-order valence-electron chi connectivity index (χ3n) is 1.79. The highest BCUT2D eigenvalue weighted by Crippen LogP contribution is 2.09. The van der Waals surface area contributed by atoms with Gasteiger partial charge in [0.05, 0.1) is 6.04 Å². The Morgan fingerprint density at radius 3 is 2.30 bits per heavy atom. The van der Waals surface area contributed by atoms with E-state index in [0.29, 0.717) is 5.92 Å². The van der Waals surface area contributed by atoms with E-state index < -0.39 is 0 Å². The molecule has 60 valence electrons. The molecule has 2 nitrogen and oxygen atoms in total. The summed E-state index contributed by atoms with van der Waals surface area (Å²) in [7, 11) is 1.78. The van der Waals surface area contributed by atoms with Gasteiger partial charge in [-0.15, -0.1) is 12.6 Å². The van der Waals surface area contributed by atoms with E-state index in [-0.39, 0.29) is 11.2 Å². The molecule has 0 aliphatic rings. The number of rotatable bonds is 4. The van der Waals surface area contributed by atoms with Gasteiger partial charge < -0.3 is 5.32 Å². The molecule has 10 heavy (non-hydrogen) atoms. The Bertz CT molecular complexity index is 116. The van der Waals surface area contributed by atoms with Crippen molar-refractivity contribution in [1.82, 2.24) is 5.32 Å². The van der Waals surface area contributed by atoms with Crippen LogP contribution in [0.25, 0.3) is 0 Å². The van der Waals surface area contributed by atoms with Crippen LogP contribution in [-0.4, -0.2) is 18.2 Å². The smallest absolute Gasteiger partial charge is 0.203 e. The zero-order valence-electron chi connectivity index (χ0n) is 6.72. The molecular weight excluding hydrogens is 146 g/mol. The molecule has 3 heteroatoms. The van der Waals surface area contributed by atoms with Gasteiger partial charge >= 0.3 is 0 Å². The second-order valence-electron chi connectivity index (χ2n) is 2.49. The summed E-state index contributed by atoms with van der Waals surface area (Å²) in [6.45, 7) is 4.10. The molecule has 0 radical (unpaired) electrons. The van der Waals surface area contributed by atoms with E-state index in [1.807, 2.05) is 6.92 Å². The summed E-state index contributed by atoms with van der Waals surface area (Å²) in [5.41, 5.74) is 0. The monoisotopic (exact) mass is 161 g/mol. The first-order valence-electron chi connectivity index (χ1n) is 3.53. The first-order chi connectivity index (χ1) is 4.63. The van der Waals surface area contributed by atoms with Crippen LogP contribution in [-0.2, 0) is 4.79 Å². The Hall–Kier alpha value is -0.0200. The third kappa shape index (κ3) is 2.71. The molecular formula is C7H15NOS. The van der Waals surface area contributed by atoms with Crippen molar-refractivity contribution in [2.75, 3.05) is 7.05 Å². The molecule has 0 unspecified atom stereocenters. The van der Waals surface area contributed by atoms with Crippen molar-refractivity contribution >= 4 is 17.7 Å². The van der Waals surface area contributed by atoms with Crippen molar-refractivity contribution in [2.45, 2.75) is 26.3 Å². The summed E-state index contributed by atoms with van der Waals surface area (Å²) in [6.07, 6.45) is 0.998. The first kappa shape index (κ1) is 9.98. The van der Waals surface area contributed by atoms with Crippen LogP contribution in [0.3, 0.4) is 0 Å². The fraction of sp³-hybridized carbons (Fsp3) is 0.857. The van der Waals surface area contributed by atoms with Crippen LogP contribution in [0.4, 0.5) is 0 Å². The highest BCUT2D eigenvalue weighted by atomic mass is 32.1. The number of thiol groups is 1. The largest absolute Gasteiger partial charge is 0.310 e. The Labute approximate surface area is 67.8 Å². The predicted octanol–water partition coefficient (Wildman–Crippen LogP) is 1.08. The molecule has 0 aromatic heterocycles. The van der Waals surface area contributed by atoms with E-state index in [4.69, 9.17) is 0 Å². The van der Waals surface area contributed by atoms with Gasteiger partial charge in [-0.05, 0) is 13.0 Å². The Morgan fingerprint density at radius 1 is 1.70 bits per heavy atom. The van der Waals surface area contributed by atoms with Gasteiger partial charge in [-0.2, -0.15) is 0 Å². The minimum Gasteiger partial charge on any atom is -0.310 e. The number of carbonyl (C=O) groups excluding carboxylic acids is 1. The van der Waals surface area contributed by atoms with Crippen LogP contribution in [0.15, 0.2) is 0 Å². The number of hydrogen-bond donors (Lipinski definition) is 2. The summed E-state index contributed by atoms with van der Waals surface area (Å²) in [6, 6.07) is -0.0895. The first-order valence-corrected chi connectivity index (χ1v) is 3.98. The Morgan fingerprint density at radius 2 is 2.20 bits per heavy atom. The van der Waals surface area contributed by atoms with Crippen molar-refractivity contribution < 1.29 is 4.79 Å². The lowest BCUT2D eigenvalue weighted by molar-refractivity contribution is -0.113. The molecule has 0 amide bonds. The van der Waals surface area contributed by atoms with Crippen molar-refractivity contribution in [1.29, 1.82) is 0 Å². The van der Waals surface area contributed by atoms with E-state index >= 15 is 0 Å². The molecule has 1 N–H and O–H groups in total. The molecule has 2 atom stereocenters. The Kier molecular flexibility index (Phi) is 4.73. The summed E-state index contributed by atoms with van der Waals surface area (Å²) >= 11 is 3.77. The van der Waals surface area contributed by atoms with E-state index in [9.17, 15) is 4.79 Å². The summed E-state index contributed by atoms with van der Waals surface area (Å²) < 4.78 is 0. The highest BCUT2D eigenvalue weighted by molar-refractivity contribution is 7.96. The fourth-order valence-electron chi connectivity index (χ4n) is 0.887. The van der Waals surface area contributed by atoms with Gasteiger partial charge in [0.1, 0.15) is 0 Å². The van der Waals surface area contributed by atoms with Gasteiger partial charge in [0, 0.05) is 0 Å². The van der Waals surface area contributed by atoms with E-state index in [0.717, 1.165) is 6.42 Å². The average Bonchev–Trinajstić information content (AvgIpc) is 1.88. The highest BCUT2D eigenvalue weighted by Gasteiger charge is 2.18. The fourth-order valence-corrected chi connectivity index (χ4v) is 1.27. The maximum absolute atomic E-state index is 10.8. The van der Waals surface area contributed by atoms with Gasteiger partial charge in [-0.1, -0.05) is 20.3 Å². The normalized spacial score (nSPS) is 16.4. The average molecular weight is 161 g/mol. The van der Waals surface area contributed by atoms with E-state index in [2.05, 4.69) is 24.9 Å². The van der Waals surface area contributed by atoms with Gasteiger partial charge in [-0.25, -0.2) is 0 Å². The maximum Gasteiger partial charge on any atom is 0.203 e. The number of hydrogen-bond acceptors (Lipinski definition) is 2. The minimum atomic E-state index is -0.0895. The summed E-state index contributed by atoms with van der Waals surface area (Å²) in [5, 5.41) is 2.85. The van der Waals surface area contributed by atoms with Crippen LogP contribution in [0.1, 0.15) is 20.3 Å². The number of likely N-dealkylation sites (N-methyl/N-ethyl adjacent to an activating group) is 1. The quantitative estimate of drug-likeness (QED) is 0.604. The molecule has 0 fully saturated rings. The van der Waals surface area contributed by atoms with Gasteiger partial charge in [0.15, 0.2) is 0 Å². The molecule has 0 bridgehead atoms. The maximum atomic E-state index is 10.8. The second-order valence-corrected chi connectivity index (χ2v) is 2.93. The van der Waals surface area contributed by atoms with Crippen molar-refractivity contribution in [3.05, 3.63) is 0 Å². The molecule has 0 saturated carbocycles. The van der Waals surface area contributed by atoms with Crippen LogP contribution in [0.5, 0.6) is 0 Å². The van der Waals surface area contributed by atoms with Crippen molar-refractivity contribution in [2.24, 2.45) is 5.92 Å². The van der Waals surface area contributed by atoms with E-state index in [1.54, 1.807) is 7.05 Å². The topological polar surface area (TPSA) is 29.1 Å². The molecule has 0 aromatic carbocycles. The molecule has 0 rings (SSSR count). The van der Waals surface area contributed by atoms with Gasteiger partial charge in [0.25, 0.3) is 0 Å². The molecule has 0 aromatic rings. The zero-order chi connectivity index (χ0) is 8.15. The minimum absolute atomic E-state index is 0.0724. The summed E-state index contributed by atoms with van der Waals surface area (Å²) in [5.74, 6) is 0.370. The van der Waals surface area contributed by atoms with Crippen LogP contribution >= 0.6 is 12.6 Å². The van der Waals surface area contributed by atoms with Crippen LogP contribution in [0, 0.1) is 5.92 Å². The summed E-state index contributed by atoms with van der Waals surface area (Å²) in [4.78, 5) is 10.8. The molecule has 0 aliphatic carbocycles. The lowest BCUT2D eigenvalue weighted by Crippen LogP contribution is -2.36. The zero-order valence-corrected chi connectivity index (χ0v) is 7.61. The van der Waals surface area contributed by atoms with E-state index in [1.165, 1.54) is 0 Å². The predicted molar refractivity (Wildman–Crippen MR) is 46.3 cm³/mol. The third-order valence-corrected chi connectivity index (χ3v) is 2.07. The molecule has 0 aliphatic heterocycles. The lowest BCUT2D eigenvalue weighted by atomic mass is 10.0. The molecule has 0 saturated heterocycles. The standard InChI is InChI=1S/C7H15NOS/c1-4-5(2)6(8-3)7(9)10/h5-6,8H,4H2,1-3H3,(H,9,10)/t5-,6-/m0/s1. The van der Waals surface area contributed by atoms with Gasteiger partial charge in [0.2, 0.25) is 5.12 Å². The molecule has 0 spiro atoms. The Balaban J connectivity index is 3.92. The number of nitrogens with one attached hydrogen (secondary N) is 1. The molecule has 0 heterocycles.